The molecular weight excluding hydrogens is 286 g/mol. The molecule has 2 heterocycles. The lowest BCUT2D eigenvalue weighted by Gasteiger charge is -2.38. The average molecular weight is 312 g/mol. The summed E-state index contributed by atoms with van der Waals surface area (Å²) < 4.78 is 28.5. The zero-order valence-corrected chi connectivity index (χ0v) is 13.5. The molecule has 0 saturated carbocycles. The molecule has 0 bridgehead atoms. The molecule has 0 spiro atoms. The summed E-state index contributed by atoms with van der Waals surface area (Å²) in [5, 5.41) is 3.19. The highest BCUT2D eigenvalue weighted by Gasteiger charge is 2.34. The molecule has 0 aromatic heterocycles. The van der Waals surface area contributed by atoms with Crippen molar-refractivity contribution in [2.24, 2.45) is 5.92 Å². The molecule has 2 unspecified atom stereocenters. The van der Waals surface area contributed by atoms with Gasteiger partial charge >= 0.3 is 0 Å². The second-order valence-corrected chi connectivity index (χ2v) is 7.53. The van der Waals surface area contributed by atoms with Crippen molar-refractivity contribution in [2.45, 2.75) is 38.6 Å². The minimum absolute atomic E-state index is 0. The zero-order chi connectivity index (χ0) is 13.2. The summed E-state index contributed by atoms with van der Waals surface area (Å²) in [6.45, 7) is 4.79. The lowest BCUT2D eigenvalue weighted by molar-refractivity contribution is 0.234. The first-order chi connectivity index (χ1) is 8.54. The fourth-order valence-electron chi connectivity index (χ4n) is 2.91. The molecule has 0 aromatic rings. The fourth-order valence-corrected chi connectivity index (χ4v) is 4.76. The van der Waals surface area contributed by atoms with Crippen LogP contribution in [0.3, 0.4) is 0 Å². The second kappa shape index (κ2) is 7.22. The Balaban J connectivity index is 0.00000180. The molecule has 0 aliphatic carbocycles. The summed E-state index contributed by atoms with van der Waals surface area (Å²) in [5.74, 6) is 0.485. The van der Waals surface area contributed by atoms with E-state index in [-0.39, 0.29) is 12.4 Å². The molecule has 2 rings (SSSR count). The van der Waals surface area contributed by atoms with Gasteiger partial charge in [-0.3, -0.25) is 0 Å². The maximum atomic E-state index is 12.6. The van der Waals surface area contributed by atoms with Gasteiger partial charge in [0.05, 0.1) is 0 Å². The van der Waals surface area contributed by atoms with E-state index in [1.54, 1.807) is 8.61 Å². The van der Waals surface area contributed by atoms with E-state index in [4.69, 9.17) is 0 Å². The third kappa shape index (κ3) is 4.04. The van der Waals surface area contributed by atoms with Gasteiger partial charge in [0.25, 0.3) is 10.2 Å². The van der Waals surface area contributed by atoms with E-state index >= 15 is 0 Å². The van der Waals surface area contributed by atoms with Crippen LogP contribution in [0, 0.1) is 5.92 Å². The number of halogens is 1. The van der Waals surface area contributed by atoms with Gasteiger partial charge in [-0.2, -0.15) is 17.0 Å². The molecule has 0 aromatic carbocycles. The smallest absolute Gasteiger partial charge is 0.282 e. The van der Waals surface area contributed by atoms with E-state index in [1.165, 1.54) is 0 Å². The normalized spacial score (nSPS) is 30.8. The summed E-state index contributed by atoms with van der Waals surface area (Å²) in [7, 11) is -1.33. The van der Waals surface area contributed by atoms with E-state index in [0.717, 1.165) is 25.7 Å². The van der Waals surface area contributed by atoms with Crippen molar-refractivity contribution in [1.82, 2.24) is 13.9 Å². The molecule has 7 heteroatoms. The van der Waals surface area contributed by atoms with E-state index in [2.05, 4.69) is 12.2 Å². The number of piperidine rings is 2. The zero-order valence-electron chi connectivity index (χ0n) is 11.8. The van der Waals surface area contributed by atoms with Gasteiger partial charge in [-0.05, 0) is 38.6 Å². The first kappa shape index (κ1) is 17.2. The summed E-state index contributed by atoms with van der Waals surface area (Å²) in [4.78, 5) is 0. The van der Waals surface area contributed by atoms with Crippen molar-refractivity contribution in [2.75, 3.05) is 33.2 Å². The molecule has 2 fully saturated rings. The SMILES string of the molecule is CNC1CCCN(S(=O)(=O)N2CCCC(C)C2)C1.Cl. The molecule has 114 valence electrons. The first-order valence-electron chi connectivity index (χ1n) is 6.96. The Labute approximate surface area is 123 Å². The van der Waals surface area contributed by atoms with E-state index in [0.29, 0.717) is 38.1 Å². The van der Waals surface area contributed by atoms with Crippen LogP contribution in [0.25, 0.3) is 0 Å². The highest BCUT2D eigenvalue weighted by atomic mass is 35.5. The average Bonchev–Trinajstić information content (AvgIpc) is 2.39. The van der Waals surface area contributed by atoms with Crippen LogP contribution in [0.5, 0.6) is 0 Å². The number of nitrogens with zero attached hydrogens (tertiary/aromatic N) is 2. The third-order valence-corrected chi connectivity index (χ3v) is 6.03. The minimum Gasteiger partial charge on any atom is -0.316 e. The van der Waals surface area contributed by atoms with Crippen LogP contribution >= 0.6 is 12.4 Å². The van der Waals surface area contributed by atoms with Gasteiger partial charge in [-0.1, -0.05) is 6.92 Å². The number of hydrogen-bond acceptors (Lipinski definition) is 3. The standard InChI is InChI=1S/C12H25N3O2S.ClH/c1-11-5-3-7-14(9-11)18(16,17)15-8-4-6-12(10-15)13-2;/h11-13H,3-10H2,1-2H3;1H. The van der Waals surface area contributed by atoms with Crippen molar-refractivity contribution < 1.29 is 8.42 Å². The maximum Gasteiger partial charge on any atom is 0.282 e. The van der Waals surface area contributed by atoms with Crippen LogP contribution in [0.15, 0.2) is 0 Å². The summed E-state index contributed by atoms with van der Waals surface area (Å²) in [6.07, 6.45) is 4.15. The molecular formula is C12H26ClN3O2S. The predicted octanol–water partition coefficient (Wildman–Crippen LogP) is 1.07. The fraction of sp³-hybridized carbons (Fsp3) is 1.00. The van der Waals surface area contributed by atoms with E-state index in [9.17, 15) is 8.42 Å². The summed E-state index contributed by atoms with van der Waals surface area (Å²) in [5.41, 5.74) is 0. The Morgan fingerprint density at radius 2 is 1.63 bits per heavy atom. The molecule has 5 nitrogen and oxygen atoms in total. The van der Waals surface area contributed by atoms with Gasteiger partial charge in [0.2, 0.25) is 0 Å². The Hall–Kier alpha value is 0.120. The molecule has 2 aliphatic rings. The quantitative estimate of drug-likeness (QED) is 0.848. The molecule has 2 aliphatic heterocycles. The lowest BCUT2D eigenvalue weighted by atomic mass is 10.0. The summed E-state index contributed by atoms with van der Waals surface area (Å²) >= 11 is 0. The first-order valence-corrected chi connectivity index (χ1v) is 8.36. The molecule has 19 heavy (non-hydrogen) atoms. The van der Waals surface area contributed by atoms with Crippen LogP contribution in [0.4, 0.5) is 0 Å². The van der Waals surface area contributed by atoms with Crippen molar-refractivity contribution in [1.29, 1.82) is 0 Å². The van der Waals surface area contributed by atoms with Crippen molar-refractivity contribution in [3.05, 3.63) is 0 Å². The van der Waals surface area contributed by atoms with Crippen molar-refractivity contribution >= 4 is 22.6 Å². The number of rotatable bonds is 3. The minimum atomic E-state index is -3.23. The third-order valence-electron chi connectivity index (χ3n) is 4.06. The Bertz CT molecular complexity index is 377. The van der Waals surface area contributed by atoms with Crippen LogP contribution in [-0.4, -0.2) is 56.3 Å². The molecule has 1 N–H and O–H groups in total. The lowest BCUT2D eigenvalue weighted by Crippen LogP contribution is -2.53. The second-order valence-electron chi connectivity index (χ2n) is 5.60. The van der Waals surface area contributed by atoms with Crippen molar-refractivity contribution in [3.8, 4) is 0 Å². The molecule has 2 saturated heterocycles. The predicted molar refractivity (Wildman–Crippen MR) is 79.8 cm³/mol. The van der Waals surface area contributed by atoms with Crippen LogP contribution < -0.4 is 5.32 Å². The van der Waals surface area contributed by atoms with Crippen LogP contribution in [0.2, 0.25) is 0 Å². The Kier molecular flexibility index (Phi) is 6.53. The van der Waals surface area contributed by atoms with Gasteiger partial charge in [0.15, 0.2) is 0 Å². The highest BCUT2D eigenvalue weighted by molar-refractivity contribution is 7.86. The molecule has 2 atom stereocenters. The van der Waals surface area contributed by atoms with Crippen LogP contribution in [-0.2, 0) is 10.2 Å². The van der Waals surface area contributed by atoms with Gasteiger partial charge in [-0.15, -0.1) is 12.4 Å². The van der Waals surface area contributed by atoms with Gasteiger partial charge < -0.3 is 5.32 Å². The highest BCUT2D eigenvalue weighted by Crippen LogP contribution is 2.22. The number of likely N-dealkylation sites (N-methyl/N-ethyl adjacent to an activating group) is 1. The molecule has 0 amide bonds. The largest absolute Gasteiger partial charge is 0.316 e. The van der Waals surface area contributed by atoms with Crippen LogP contribution in [0.1, 0.15) is 32.6 Å². The van der Waals surface area contributed by atoms with E-state index in [1.807, 2.05) is 7.05 Å². The van der Waals surface area contributed by atoms with E-state index < -0.39 is 10.2 Å². The number of hydrogen-bond donors (Lipinski definition) is 1. The number of nitrogens with one attached hydrogen (secondary N) is 1. The van der Waals surface area contributed by atoms with Gasteiger partial charge in [0, 0.05) is 32.2 Å². The maximum absolute atomic E-state index is 12.6. The monoisotopic (exact) mass is 311 g/mol. The molecule has 0 radical (unpaired) electrons. The topological polar surface area (TPSA) is 52.7 Å². The Morgan fingerprint density at radius 3 is 2.21 bits per heavy atom. The van der Waals surface area contributed by atoms with Gasteiger partial charge in [-0.25, -0.2) is 0 Å². The van der Waals surface area contributed by atoms with Crippen molar-refractivity contribution in [3.63, 3.8) is 0 Å². The Morgan fingerprint density at radius 1 is 1.05 bits per heavy atom. The van der Waals surface area contributed by atoms with Gasteiger partial charge in [0.1, 0.15) is 0 Å². The summed E-state index contributed by atoms with van der Waals surface area (Å²) in [6, 6.07) is 0.302.